The lowest BCUT2D eigenvalue weighted by molar-refractivity contribution is 1.20. The summed E-state index contributed by atoms with van der Waals surface area (Å²) in [6.07, 6.45) is 1.33. The smallest absolute Gasteiger partial charge is 0.141 e. The minimum Gasteiger partial charge on any atom is -0.383 e. The maximum Gasteiger partial charge on any atom is 0.141 e. The van der Waals surface area contributed by atoms with Crippen LogP contribution in [-0.2, 0) is 0 Å². The van der Waals surface area contributed by atoms with Crippen LogP contribution in [0.2, 0.25) is 0 Å². The van der Waals surface area contributed by atoms with Crippen LogP contribution in [0.1, 0.15) is 5.01 Å². The van der Waals surface area contributed by atoms with Crippen LogP contribution in [0, 0.1) is 0 Å². The molecule has 0 unspecified atom stereocenters. The van der Waals surface area contributed by atoms with Crippen LogP contribution in [0.3, 0.4) is 0 Å². The molecule has 0 radical (unpaired) electrons. The topological polar surface area (TPSA) is 89.3 Å². The van der Waals surface area contributed by atoms with Crippen molar-refractivity contribution in [3.8, 4) is 0 Å². The average molecular weight is 183 g/mol. The third-order valence-electron chi connectivity index (χ3n) is 1.09. The summed E-state index contributed by atoms with van der Waals surface area (Å²) < 4.78 is 0. The molecule has 1 heterocycles. The summed E-state index contributed by atoms with van der Waals surface area (Å²) in [6, 6.07) is 0. The third-order valence-corrected chi connectivity index (χ3v) is 2.01. The first-order valence-corrected chi connectivity index (χ1v) is 4.00. The van der Waals surface area contributed by atoms with Gasteiger partial charge in [-0.3, -0.25) is 0 Å². The molecule has 0 spiro atoms. The molecule has 0 fully saturated rings. The standard InChI is InChI=1S/C6H9N5S/c1-4(9-3-10-8)6-11-5(7)2-12-6/h2-3H,1,7-8H2,(H,9,10). The van der Waals surface area contributed by atoms with Gasteiger partial charge in [-0.25, -0.2) is 4.98 Å². The van der Waals surface area contributed by atoms with E-state index in [9.17, 15) is 0 Å². The molecule has 5 nitrogen and oxygen atoms in total. The Morgan fingerprint density at radius 1 is 1.83 bits per heavy atom. The molecule has 1 rings (SSSR count). The van der Waals surface area contributed by atoms with E-state index in [-0.39, 0.29) is 0 Å². The van der Waals surface area contributed by atoms with E-state index in [1.54, 1.807) is 5.38 Å². The Morgan fingerprint density at radius 3 is 3.08 bits per heavy atom. The SMILES string of the molecule is C=C(N/C=N\N)c1nc(N)cs1. The van der Waals surface area contributed by atoms with Gasteiger partial charge in [0, 0.05) is 5.38 Å². The van der Waals surface area contributed by atoms with Gasteiger partial charge in [0.05, 0.1) is 5.70 Å². The molecule has 0 saturated heterocycles. The molecule has 0 aliphatic rings. The molecule has 0 aromatic carbocycles. The Bertz CT molecular complexity index is 303. The largest absolute Gasteiger partial charge is 0.383 e. The average Bonchev–Trinajstić information content (AvgIpc) is 2.47. The highest BCUT2D eigenvalue weighted by molar-refractivity contribution is 7.11. The molecule has 0 aliphatic carbocycles. The van der Waals surface area contributed by atoms with Crippen molar-refractivity contribution in [1.29, 1.82) is 0 Å². The molecule has 0 amide bonds. The highest BCUT2D eigenvalue weighted by Gasteiger charge is 2.01. The zero-order chi connectivity index (χ0) is 8.97. The predicted octanol–water partition coefficient (Wildman–Crippen LogP) is 0.188. The van der Waals surface area contributed by atoms with Crippen LogP contribution >= 0.6 is 11.3 Å². The van der Waals surface area contributed by atoms with Gasteiger partial charge in [-0.2, -0.15) is 5.10 Å². The van der Waals surface area contributed by atoms with E-state index in [1.165, 1.54) is 17.7 Å². The Hall–Kier alpha value is -1.56. The second kappa shape index (κ2) is 3.72. The maximum absolute atomic E-state index is 5.42. The van der Waals surface area contributed by atoms with Crippen molar-refractivity contribution in [2.45, 2.75) is 0 Å². The number of nitrogens with one attached hydrogen (secondary N) is 1. The molecular formula is C6H9N5S. The van der Waals surface area contributed by atoms with Crippen molar-refractivity contribution in [3.63, 3.8) is 0 Å². The van der Waals surface area contributed by atoms with Crippen molar-refractivity contribution in [1.82, 2.24) is 10.3 Å². The summed E-state index contributed by atoms with van der Waals surface area (Å²) >= 11 is 1.41. The number of hydrogen-bond donors (Lipinski definition) is 3. The first-order valence-electron chi connectivity index (χ1n) is 3.12. The van der Waals surface area contributed by atoms with Crippen LogP contribution in [0.15, 0.2) is 17.1 Å². The normalized spacial score (nSPS) is 10.3. The molecule has 5 N–H and O–H groups in total. The minimum absolute atomic E-state index is 0.489. The molecule has 64 valence electrons. The molecule has 6 heteroatoms. The summed E-state index contributed by atoms with van der Waals surface area (Å²) in [5.74, 6) is 5.37. The predicted molar refractivity (Wildman–Crippen MR) is 51.4 cm³/mol. The van der Waals surface area contributed by atoms with Gasteiger partial charge < -0.3 is 16.9 Å². The van der Waals surface area contributed by atoms with E-state index in [2.05, 4.69) is 22.0 Å². The fourth-order valence-corrected chi connectivity index (χ4v) is 1.25. The molecule has 0 aliphatic heterocycles. The first kappa shape index (κ1) is 8.54. The van der Waals surface area contributed by atoms with Gasteiger partial charge in [-0.1, -0.05) is 6.58 Å². The summed E-state index contributed by atoms with van der Waals surface area (Å²) in [5, 5.41) is 8.47. The number of nitrogens with two attached hydrogens (primary N) is 2. The van der Waals surface area contributed by atoms with E-state index in [0.717, 1.165) is 5.01 Å². The molecule has 1 aromatic heterocycles. The van der Waals surface area contributed by atoms with Crippen molar-refractivity contribution in [2.75, 3.05) is 5.73 Å². The van der Waals surface area contributed by atoms with Crippen molar-refractivity contribution in [2.24, 2.45) is 10.9 Å². The third kappa shape index (κ3) is 1.96. The lowest BCUT2D eigenvalue weighted by Gasteiger charge is -1.97. The molecule has 12 heavy (non-hydrogen) atoms. The second-order valence-corrected chi connectivity index (χ2v) is 2.84. The van der Waals surface area contributed by atoms with E-state index in [4.69, 9.17) is 11.6 Å². The Morgan fingerprint density at radius 2 is 2.58 bits per heavy atom. The zero-order valence-electron chi connectivity index (χ0n) is 6.32. The van der Waals surface area contributed by atoms with Crippen LogP contribution in [-0.4, -0.2) is 11.3 Å². The van der Waals surface area contributed by atoms with E-state index in [1.807, 2.05) is 0 Å². The highest BCUT2D eigenvalue weighted by atomic mass is 32.1. The van der Waals surface area contributed by atoms with Crippen molar-refractivity contribution < 1.29 is 0 Å². The number of thiazole rings is 1. The maximum atomic E-state index is 5.42. The van der Waals surface area contributed by atoms with Gasteiger partial charge >= 0.3 is 0 Å². The first-order chi connectivity index (χ1) is 5.74. The second-order valence-electron chi connectivity index (χ2n) is 1.98. The number of hydrogen-bond acceptors (Lipinski definition) is 5. The monoisotopic (exact) mass is 183 g/mol. The molecule has 0 atom stereocenters. The van der Waals surface area contributed by atoms with Crippen LogP contribution in [0.5, 0.6) is 0 Å². The summed E-state index contributed by atoms with van der Waals surface area (Å²) in [4.78, 5) is 4.00. The van der Waals surface area contributed by atoms with Gasteiger partial charge in [0.15, 0.2) is 0 Å². The Labute approximate surface area is 73.8 Å². The number of aromatic nitrogens is 1. The van der Waals surface area contributed by atoms with Gasteiger partial charge in [-0.15, -0.1) is 11.3 Å². The minimum atomic E-state index is 0.489. The summed E-state index contributed by atoms with van der Waals surface area (Å²) in [6.45, 7) is 3.71. The number of nitrogens with zero attached hydrogens (tertiary/aromatic N) is 2. The van der Waals surface area contributed by atoms with Crippen molar-refractivity contribution in [3.05, 3.63) is 17.0 Å². The van der Waals surface area contributed by atoms with Gasteiger partial charge in [0.1, 0.15) is 17.2 Å². The molecule has 0 saturated carbocycles. The van der Waals surface area contributed by atoms with Gasteiger partial charge in [-0.05, 0) is 0 Å². The van der Waals surface area contributed by atoms with Crippen LogP contribution in [0.4, 0.5) is 5.82 Å². The number of anilines is 1. The summed E-state index contributed by atoms with van der Waals surface area (Å²) in [5.41, 5.74) is 6.05. The van der Waals surface area contributed by atoms with Gasteiger partial charge in [0.25, 0.3) is 0 Å². The molecule has 0 bridgehead atoms. The van der Waals surface area contributed by atoms with Crippen LogP contribution < -0.4 is 16.9 Å². The molecular weight excluding hydrogens is 174 g/mol. The highest BCUT2D eigenvalue weighted by Crippen LogP contribution is 2.16. The fourth-order valence-electron chi connectivity index (χ4n) is 0.602. The lowest BCUT2D eigenvalue weighted by Crippen LogP contribution is -2.09. The van der Waals surface area contributed by atoms with E-state index in [0.29, 0.717) is 11.5 Å². The zero-order valence-corrected chi connectivity index (χ0v) is 7.14. The quantitative estimate of drug-likeness (QED) is 0.270. The Balaban J connectivity index is 2.65. The number of hydrazone groups is 1. The summed E-state index contributed by atoms with van der Waals surface area (Å²) in [7, 11) is 0. The fraction of sp³-hybridized carbons (Fsp3) is 0. The van der Waals surface area contributed by atoms with E-state index < -0.39 is 0 Å². The van der Waals surface area contributed by atoms with Gasteiger partial charge in [0.2, 0.25) is 0 Å². The number of nitrogen functional groups attached to an aromatic ring is 1. The van der Waals surface area contributed by atoms with Crippen molar-refractivity contribution >= 4 is 29.2 Å². The number of rotatable bonds is 3. The van der Waals surface area contributed by atoms with Crippen LogP contribution in [0.25, 0.3) is 5.70 Å². The van der Waals surface area contributed by atoms with E-state index >= 15 is 0 Å². The Kier molecular flexibility index (Phi) is 2.65. The lowest BCUT2D eigenvalue weighted by atomic mass is 10.5. The molecule has 1 aromatic rings.